The second-order valence-corrected chi connectivity index (χ2v) is 6.10. The van der Waals surface area contributed by atoms with E-state index in [1.807, 2.05) is 6.92 Å². The largest absolute Gasteiger partial charge is 0.381 e. The van der Waals surface area contributed by atoms with Gasteiger partial charge in [0.05, 0.1) is 0 Å². The van der Waals surface area contributed by atoms with Crippen LogP contribution in [0.15, 0.2) is 0 Å². The molecule has 1 aliphatic carbocycles. The highest BCUT2D eigenvalue weighted by Gasteiger charge is 2.45. The zero-order valence-electron chi connectivity index (χ0n) is 13.3. The Labute approximate surface area is 127 Å². The van der Waals surface area contributed by atoms with Crippen molar-refractivity contribution in [3.05, 3.63) is 0 Å². The molecular formula is C16H28N2O3. The number of carbonyl (C=O) groups is 2. The molecule has 21 heavy (non-hydrogen) atoms. The summed E-state index contributed by atoms with van der Waals surface area (Å²) in [4.78, 5) is 26.5. The molecule has 0 aromatic heterocycles. The molecule has 2 rings (SSSR count). The number of amides is 2. The van der Waals surface area contributed by atoms with Crippen molar-refractivity contribution in [2.75, 3.05) is 19.8 Å². The standard InChI is InChI=1S/C16H28N2O3/c1-3-5-10-21-11-6-9-18-13(4-2)15(19)17-14(16(18)20)12-7-8-12/h12-14H,3-11H2,1-2H3,(H,17,19). The summed E-state index contributed by atoms with van der Waals surface area (Å²) in [5, 5.41) is 2.92. The number of piperazine rings is 1. The molecule has 0 aromatic carbocycles. The molecule has 0 spiro atoms. The minimum Gasteiger partial charge on any atom is -0.381 e. The van der Waals surface area contributed by atoms with E-state index in [0.29, 0.717) is 25.5 Å². The van der Waals surface area contributed by atoms with E-state index in [1.54, 1.807) is 4.90 Å². The summed E-state index contributed by atoms with van der Waals surface area (Å²) in [7, 11) is 0. The fourth-order valence-electron chi connectivity index (χ4n) is 2.89. The van der Waals surface area contributed by atoms with Crippen molar-refractivity contribution in [1.29, 1.82) is 0 Å². The molecule has 1 N–H and O–H groups in total. The third kappa shape index (κ3) is 4.19. The summed E-state index contributed by atoms with van der Waals surface area (Å²) in [5.74, 6) is 0.487. The Balaban J connectivity index is 1.83. The molecule has 1 aliphatic heterocycles. The first kappa shape index (κ1) is 16.3. The number of hydrogen-bond donors (Lipinski definition) is 1. The predicted molar refractivity (Wildman–Crippen MR) is 80.8 cm³/mol. The van der Waals surface area contributed by atoms with Crippen molar-refractivity contribution in [1.82, 2.24) is 10.2 Å². The number of carbonyl (C=O) groups excluding carboxylic acids is 2. The molecule has 1 saturated carbocycles. The first-order chi connectivity index (χ1) is 10.2. The molecule has 2 atom stereocenters. The maximum absolute atomic E-state index is 12.6. The van der Waals surface area contributed by atoms with Crippen LogP contribution in [0, 0.1) is 5.92 Å². The molecule has 2 aliphatic rings. The van der Waals surface area contributed by atoms with E-state index in [1.165, 1.54) is 0 Å². The summed E-state index contributed by atoms with van der Waals surface area (Å²) in [6.07, 6.45) is 5.79. The van der Waals surface area contributed by atoms with E-state index in [9.17, 15) is 9.59 Å². The van der Waals surface area contributed by atoms with Gasteiger partial charge in [-0.05, 0) is 38.0 Å². The maximum atomic E-state index is 12.6. The summed E-state index contributed by atoms with van der Waals surface area (Å²) in [5.41, 5.74) is 0. The van der Waals surface area contributed by atoms with Crippen LogP contribution in [-0.4, -0.2) is 48.6 Å². The Morgan fingerprint density at radius 2 is 1.90 bits per heavy atom. The smallest absolute Gasteiger partial charge is 0.246 e. The summed E-state index contributed by atoms with van der Waals surface area (Å²) < 4.78 is 5.54. The van der Waals surface area contributed by atoms with Crippen molar-refractivity contribution < 1.29 is 14.3 Å². The van der Waals surface area contributed by atoms with Gasteiger partial charge in [-0.1, -0.05) is 20.3 Å². The average molecular weight is 296 g/mol. The van der Waals surface area contributed by atoms with Gasteiger partial charge < -0.3 is 15.0 Å². The van der Waals surface area contributed by atoms with Gasteiger partial charge in [0.2, 0.25) is 11.8 Å². The van der Waals surface area contributed by atoms with Crippen LogP contribution in [0.4, 0.5) is 0 Å². The Morgan fingerprint density at radius 3 is 2.52 bits per heavy atom. The minimum atomic E-state index is -0.303. The lowest BCUT2D eigenvalue weighted by Crippen LogP contribution is -2.64. The molecule has 0 aromatic rings. The quantitative estimate of drug-likeness (QED) is 0.659. The molecule has 2 unspecified atom stereocenters. The molecule has 1 heterocycles. The fraction of sp³-hybridized carbons (Fsp3) is 0.875. The summed E-state index contributed by atoms with van der Waals surface area (Å²) in [6.45, 7) is 6.17. The SMILES string of the molecule is CCCCOCCCN1C(=O)C(C2CC2)NC(=O)C1CC. The maximum Gasteiger partial charge on any atom is 0.246 e. The first-order valence-corrected chi connectivity index (χ1v) is 8.37. The van der Waals surface area contributed by atoms with Gasteiger partial charge in [-0.2, -0.15) is 0 Å². The number of nitrogens with zero attached hydrogens (tertiary/aromatic N) is 1. The van der Waals surface area contributed by atoms with E-state index in [4.69, 9.17) is 4.74 Å². The monoisotopic (exact) mass is 296 g/mol. The number of ether oxygens (including phenoxy) is 1. The number of rotatable bonds is 9. The highest BCUT2D eigenvalue weighted by Crippen LogP contribution is 2.35. The molecule has 2 amide bonds. The third-order valence-electron chi connectivity index (χ3n) is 4.34. The van der Waals surface area contributed by atoms with E-state index in [0.717, 1.165) is 38.7 Å². The van der Waals surface area contributed by atoms with Gasteiger partial charge in [0.15, 0.2) is 0 Å². The Bertz CT molecular complexity index is 369. The van der Waals surface area contributed by atoms with Gasteiger partial charge in [-0.15, -0.1) is 0 Å². The van der Waals surface area contributed by atoms with E-state index in [-0.39, 0.29) is 23.9 Å². The van der Waals surface area contributed by atoms with Crippen molar-refractivity contribution in [2.24, 2.45) is 5.92 Å². The van der Waals surface area contributed by atoms with E-state index < -0.39 is 0 Å². The van der Waals surface area contributed by atoms with Gasteiger partial charge >= 0.3 is 0 Å². The molecule has 1 saturated heterocycles. The zero-order chi connectivity index (χ0) is 15.2. The van der Waals surface area contributed by atoms with Gasteiger partial charge in [0, 0.05) is 19.8 Å². The Hall–Kier alpha value is -1.10. The van der Waals surface area contributed by atoms with Crippen molar-refractivity contribution in [3.63, 3.8) is 0 Å². The summed E-state index contributed by atoms with van der Waals surface area (Å²) in [6, 6.07) is -0.579. The molecular weight excluding hydrogens is 268 g/mol. The lowest BCUT2D eigenvalue weighted by molar-refractivity contribution is -0.150. The minimum absolute atomic E-state index is 0.0147. The highest BCUT2D eigenvalue weighted by molar-refractivity contribution is 5.97. The van der Waals surface area contributed by atoms with Crippen molar-refractivity contribution >= 4 is 11.8 Å². The molecule has 120 valence electrons. The predicted octanol–water partition coefficient (Wildman–Crippen LogP) is 1.71. The molecule has 0 bridgehead atoms. The second-order valence-electron chi connectivity index (χ2n) is 6.10. The van der Waals surface area contributed by atoms with E-state index in [2.05, 4.69) is 12.2 Å². The van der Waals surface area contributed by atoms with Crippen molar-refractivity contribution in [2.45, 2.75) is 64.5 Å². The number of unbranched alkanes of at least 4 members (excludes halogenated alkanes) is 1. The average Bonchev–Trinajstić information content (AvgIpc) is 3.30. The van der Waals surface area contributed by atoms with Gasteiger partial charge in [0.1, 0.15) is 12.1 Å². The van der Waals surface area contributed by atoms with Gasteiger partial charge in [-0.3, -0.25) is 9.59 Å². The lowest BCUT2D eigenvalue weighted by atomic mass is 10.0. The fourth-order valence-corrected chi connectivity index (χ4v) is 2.89. The second kappa shape index (κ2) is 7.78. The number of hydrogen-bond acceptors (Lipinski definition) is 3. The Morgan fingerprint density at radius 1 is 1.19 bits per heavy atom. The van der Waals surface area contributed by atoms with Crippen LogP contribution >= 0.6 is 0 Å². The molecule has 5 nitrogen and oxygen atoms in total. The van der Waals surface area contributed by atoms with Gasteiger partial charge in [-0.25, -0.2) is 0 Å². The lowest BCUT2D eigenvalue weighted by Gasteiger charge is -2.38. The highest BCUT2D eigenvalue weighted by atomic mass is 16.5. The molecule has 5 heteroatoms. The Kier molecular flexibility index (Phi) is 6.03. The number of nitrogens with one attached hydrogen (secondary N) is 1. The van der Waals surface area contributed by atoms with Crippen LogP contribution in [-0.2, 0) is 14.3 Å². The van der Waals surface area contributed by atoms with Gasteiger partial charge in [0.25, 0.3) is 0 Å². The molecule has 2 fully saturated rings. The van der Waals surface area contributed by atoms with Crippen LogP contribution in [0.2, 0.25) is 0 Å². The van der Waals surface area contributed by atoms with Crippen LogP contribution in [0.3, 0.4) is 0 Å². The van der Waals surface area contributed by atoms with E-state index >= 15 is 0 Å². The summed E-state index contributed by atoms with van der Waals surface area (Å²) >= 11 is 0. The zero-order valence-corrected chi connectivity index (χ0v) is 13.3. The van der Waals surface area contributed by atoms with Crippen LogP contribution in [0.1, 0.15) is 52.4 Å². The van der Waals surface area contributed by atoms with Crippen LogP contribution < -0.4 is 5.32 Å². The molecule has 0 radical (unpaired) electrons. The third-order valence-corrected chi connectivity index (χ3v) is 4.34. The van der Waals surface area contributed by atoms with Crippen LogP contribution in [0.5, 0.6) is 0 Å². The first-order valence-electron chi connectivity index (χ1n) is 8.37. The van der Waals surface area contributed by atoms with Crippen LogP contribution in [0.25, 0.3) is 0 Å². The van der Waals surface area contributed by atoms with Crippen molar-refractivity contribution in [3.8, 4) is 0 Å². The normalized spacial score (nSPS) is 26.1. The topological polar surface area (TPSA) is 58.6 Å².